The molecule has 3 N–H and O–H groups in total. The summed E-state index contributed by atoms with van der Waals surface area (Å²) in [5.41, 5.74) is 6.54. The molecule has 0 heterocycles. The lowest BCUT2D eigenvalue weighted by Crippen LogP contribution is -1.94. The summed E-state index contributed by atoms with van der Waals surface area (Å²) in [4.78, 5) is 0. The molecular weight excluding hydrogens is 194 g/mol. The van der Waals surface area contributed by atoms with E-state index in [2.05, 4.69) is 0 Å². The molecule has 1 aromatic rings. The van der Waals surface area contributed by atoms with Crippen LogP contribution in [0.5, 0.6) is 0 Å². The third kappa shape index (κ3) is 3.61. The van der Waals surface area contributed by atoms with Crippen LogP contribution in [0.4, 0.5) is 0 Å². The maximum Gasteiger partial charge on any atom is 0.0957 e. The minimum Gasteiger partial charge on any atom is -0.326 e. The van der Waals surface area contributed by atoms with E-state index in [0.29, 0.717) is 6.54 Å². The lowest BCUT2D eigenvalue weighted by molar-refractivity contribution is 0.702. The van der Waals surface area contributed by atoms with Crippen LogP contribution in [0.2, 0.25) is 0 Å². The molecule has 0 spiro atoms. The van der Waals surface area contributed by atoms with E-state index in [4.69, 9.17) is 9.93 Å². The topological polar surface area (TPSA) is 46.2 Å². The first kappa shape index (κ1) is 9.62. The van der Waals surface area contributed by atoms with Crippen LogP contribution in [-0.2, 0) is 6.54 Å². The molecule has 0 fully saturated rings. The normalized spacial score (nSPS) is 7.90. The van der Waals surface area contributed by atoms with Gasteiger partial charge in [0, 0.05) is 6.54 Å². The Balaban J connectivity index is 0.000000371. The van der Waals surface area contributed by atoms with Gasteiger partial charge in [-0.05, 0) is 5.56 Å². The van der Waals surface area contributed by atoms with E-state index in [1.165, 1.54) is 5.56 Å². The van der Waals surface area contributed by atoms with Crippen molar-refractivity contribution in [1.82, 2.24) is 0 Å². The molecule has 0 aromatic heterocycles. The Morgan fingerprint density at radius 2 is 1.70 bits per heavy atom. The molecule has 0 aliphatic carbocycles. The van der Waals surface area contributed by atoms with Gasteiger partial charge in [-0.2, -0.15) is 0 Å². The van der Waals surface area contributed by atoms with E-state index in [9.17, 15) is 0 Å². The van der Waals surface area contributed by atoms with Crippen molar-refractivity contribution >= 4 is 16.3 Å². The predicted molar refractivity (Wildman–Crippen MR) is 45.5 cm³/mol. The minimum atomic E-state index is 0.640. The van der Waals surface area contributed by atoms with Crippen LogP contribution in [0, 0.1) is 0 Å². The van der Waals surface area contributed by atoms with E-state index in [1.54, 1.807) is 0 Å². The number of halogens is 1. The molecule has 0 atom stereocenters. The van der Waals surface area contributed by atoms with Gasteiger partial charge in [-0.3, -0.25) is 0 Å². The molecule has 3 heteroatoms. The molecule has 56 valence electrons. The number of rotatable bonds is 1. The second-order valence-corrected chi connectivity index (χ2v) is 1.69. The van der Waals surface area contributed by atoms with Gasteiger partial charge in [0.2, 0.25) is 0 Å². The zero-order chi connectivity index (χ0) is 7.82. The number of hydrogen-bond donors (Lipinski definition) is 2. The van der Waals surface area contributed by atoms with Crippen LogP contribution in [0.3, 0.4) is 0 Å². The van der Waals surface area contributed by atoms with Crippen molar-refractivity contribution in [2.45, 2.75) is 6.54 Å². The second-order valence-electron chi connectivity index (χ2n) is 1.69. The van der Waals surface area contributed by atoms with Crippen molar-refractivity contribution in [2.24, 2.45) is 5.73 Å². The fraction of sp³-hybridized carbons (Fsp3) is 0.143. The molecule has 0 bridgehead atoms. The highest BCUT2D eigenvalue weighted by molar-refractivity contribution is 9.05. The molecule has 0 amide bonds. The van der Waals surface area contributed by atoms with Crippen LogP contribution in [0.25, 0.3) is 0 Å². The van der Waals surface area contributed by atoms with Crippen molar-refractivity contribution < 1.29 is 4.20 Å². The quantitative estimate of drug-likeness (QED) is 0.726. The molecule has 0 saturated heterocycles. The first-order valence-corrected chi connectivity index (χ1v) is 3.55. The monoisotopic (exact) mass is 203 g/mol. The standard InChI is InChI=1S/C7H9N.BrHO/c8-6-7-4-2-1-3-5-7;1-2/h1-5H,6,8H2;2H. The van der Waals surface area contributed by atoms with Crippen LogP contribution >= 0.6 is 16.3 Å². The Morgan fingerprint density at radius 3 is 2.00 bits per heavy atom. The fourth-order valence-electron chi connectivity index (χ4n) is 0.614. The fourth-order valence-corrected chi connectivity index (χ4v) is 0.614. The van der Waals surface area contributed by atoms with Crippen molar-refractivity contribution in [3.63, 3.8) is 0 Å². The maximum absolute atomic E-state index is 6.81. The average molecular weight is 204 g/mol. The average Bonchev–Trinajstić information content (AvgIpc) is 2.10. The molecule has 1 rings (SSSR count). The largest absolute Gasteiger partial charge is 0.326 e. The summed E-state index contributed by atoms with van der Waals surface area (Å²) in [6, 6.07) is 9.99. The molecular formula is C7H10BrNO. The lowest BCUT2D eigenvalue weighted by Gasteiger charge is -1.90. The van der Waals surface area contributed by atoms with Gasteiger partial charge in [0.25, 0.3) is 0 Å². The van der Waals surface area contributed by atoms with Crippen molar-refractivity contribution in [3.8, 4) is 0 Å². The highest BCUT2D eigenvalue weighted by Crippen LogP contribution is 1.94. The SMILES string of the molecule is NCc1ccccc1.OBr. The summed E-state index contributed by atoms with van der Waals surface area (Å²) in [5.74, 6) is 0. The zero-order valence-electron chi connectivity index (χ0n) is 5.50. The summed E-state index contributed by atoms with van der Waals surface area (Å²) in [5, 5.41) is 0. The molecule has 0 radical (unpaired) electrons. The first-order chi connectivity index (χ1) is 4.93. The Labute approximate surface area is 69.1 Å². The van der Waals surface area contributed by atoms with Gasteiger partial charge in [-0.25, -0.2) is 0 Å². The van der Waals surface area contributed by atoms with Crippen molar-refractivity contribution in [3.05, 3.63) is 35.9 Å². The zero-order valence-corrected chi connectivity index (χ0v) is 7.08. The number of nitrogens with two attached hydrogens (primary N) is 1. The summed E-state index contributed by atoms with van der Waals surface area (Å²) < 4.78 is 6.81. The Morgan fingerprint density at radius 1 is 1.20 bits per heavy atom. The molecule has 0 aliphatic rings. The Bertz CT molecular complexity index is 155. The Kier molecular flexibility index (Phi) is 6.48. The third-order valence-electron chi connectivity index (χ3n) is 1.08. The van der Waals surface area contributed by atoms with E-state index < -0.39 is 0 Å². The molecule has 10 heavy (non-hydrogen) atoms. The van der Waals surface area contributed by atoms with Crippen LogP contribution in [0.1, 0.15) is 5.56 Å². The van der Waals surface area contributed by atoms with Gasteiger partial charge in [0.15, 0.2) is 0 Å². The van der Waals surface area contributed by atoms with E-state index in [-0.39, 0.29) is 0 Å². The number of benzene rings is 1. The summed E-state index contributed by atoms with van der Waals surface area (Å²) in [6.07, 6.45) is 0. The van der Waals surface area contributed by atoms with Gasteiger partial charge in [-0.15, -0.1) is 0 Å². The van der Waals surface area contributed by atoms with E-state index in [1.807, 2.05) is 46.6 Å². The van der Waals surface area contributed by atoms with Crippen LogP contribution in [-0.4, -0.2) is 4.20 Å². The molecule has 2 nitrogen and oxygen atoms in total. The van der Waals surface area contributed by atoms with E-state index >= 15 is 0 Å². The van der Waals surface area contributed by atoms with Crippen LogP contribution in [0.15, 0.2) is 30.3 Å². The van der Waals surface area contributed by atoms with Gasteiger partial charge >= 0.3 is 0 Å². The molecule has 0 aliphatic heterocycles. The van der Waals surface area contributed by atoms with Crippen molar-refractivity contribution in [1.29, 1.82) is 0 Å². The van der Waals surface area contributed by atoms with E-state index in [0.717, 1.165) is 0 Å². The summed E-state index contributed by atoms with van der Waals surface area (Å²) in [7, 11) is 0. The molecule has 0 saturated carbocycles. The highest BCUT2D eigenvalue weighted by Gasteiger charge is 1.80. The smallest absolute Gasteiger partial charge is 0.0957 e. The highest BCUT2D eigenvalue weighted by atomic mass is 79.9. The third-order valence-corrected chi connectivity index (χ3v) is 1.08. The Hall–Kier alpha value is -0.380. The van der Waals surface area contributed by atoms with Gasteiger partial charge in [0.1, 0.15) is 0 Å². The van der Waals surface area contributed by atoms with Gasteiger partial charge in [-0.1, -0.05) is 30.3 Å². The lowest BCUT2D eigenvalue weighted by atomic mass is 10.2. The predicted octanol–water partition coefficient (Wildman–Crippen LogP) is 1.43. The maximum atomic E-state index is 6.81. The van der Waals surface area contributed by atoms with Gasteiger partial charge < -0.3 is 9.93 Å². The molecule has 0 unspecified atom stereocenters. The van der Waals surface area contributed by atoms with Crippen molar-refractivity contribution in [2.75, 3.05) is 0 Å². The summed E-state index contributed by atoms with van der Waals surface area (Å²) in [6.45, 7) is 0.640. The molecule has 1 aromatic carbocycles. The number of hydrogen-bond acceptors (Lipinski definition) is 2. The van der Waals surface area contributed by atoms with Gasteiger partial charge in [0.05, 0.1) is 16.3 Å². The first-order valence-electron chi connectivity index (χ1n) is 2.84. The summed E-state index contributed by atoms with van der Waals surface area (Å²) >= 11 is 1.94. The second kappa shape index (κ2) is 6.74. The minimum absolute atomic E-state index is 0.640. The van der Waals surface area contributed by atoms with Crippen LogP contribution < -0.4 is 5.73 Å².